The van der Waals surface area contributed by atoms with Gasteiger partial charge in [-0.3, -0.25) is 4.79 Å². The second-order valence-corrected chi connectivity index (χ2v) is 8.11. The minimum Gasteiger partial charge on any atom is -0.491 e. The maximum Gasteiger partial charge on any atom is 0.331 e. The fourth-order valence-corrected chi connectivity index (χ4v) is 4.14. The van der Waals surface area contributed by atoms with E-state index in [-0.39, 0.29) is 12.5 Å². The largest absolute Gasteiger partial charge is 0.491 e. The van der Waals surface area contributed by atoms with Gasteiger partial charge in [0.25, 0.3) is 5.91 Å². The minimum absolute atomic E-state index is 0.360. The van der Waals surface area contributed by atoms with Crippen molar-refractivity contribution in [1.82, 2.24) is 10.3 Å². The van der Waals surface area contributed by atoms with Crippen molar-refractivity contribution in [2.75, 3.05) is 26.9 Å². The van der Waals surface area contributed by atoms with Crippen LogP contribution in [-0.2, 0) is 20.7 Å². The second kappa shape index (κ2) is 11.5. The van der Waals surface area contributed by atoms with E-state index < -0.39 is 5.97 Å². The highest BCUT2D eigenvalue weighted by atomic mass is 35.5. The zero-order valence-electron chi connectivity index (χ0n) is 17.7. The van der Waals surface area contributed by atoms with E-state index in [2.05, 4.69) is 10.3 Å². The number of para-hydroxylation sites is 1. The van der Waals surface area contributed by atoms with E-state index in [0.29, 0.717) is 41.7 Å². The minimum atomic E-state index is -0.642. The predicted octanol–water partition coefficient (Wildman–Crippen LogP) is 4.27. The second-order valence-electron chi connectivity index (χ2n) is 6.58. The van der Waals surface area contributed by atoms with Crippen LogP contribution >= 0.6 is 22.9 Å². The van der Waals surface area contributed by atoms with Crippen LogP contribution in [-0.4, -0.2) is 43.7 Å². The molecule has 168 valence electrons. The first kappa shape index (κ1) is 23.6. The highest BCUT2D eigenvalue weighted by molar-refractivity contribution is 7.18. The van der Waals surface area contributed by atoms with E-state index in [1.54, 1.807) is 23.5 Å². The van der Waals surface area contributed by atoms with Gasteiger partial charge in [-0.05, 0) is 42.8 Å². The summed E-state index contributed by atoms with van der Waals surface area (Å²) in [6.07, 6.45) is 3.36. The number of nitrogens with zero attached hydrogens (tertiary/aromatic N) is 1. The van der Waals surface area contributed by atoms with E-state index in [1.807, 2.05) is 31.2 Å². The third-order valence-electron chi connectivity index (χ3n) is 4.29. The van der Waals surface area contributed by atoms with Crippen molar-refractivity contribution >= 4 is 51.1 Å². The molecule has 0 aliphatic rings. The summed E-state index contributed by atoms with van der Waals surface area (Å²) < 4.78 is 16.8. The van der Waals surface area contributed by atoms with Crippen LogP contribution in [0.15, 0.2) is 42.5 Å². The maximum atomic E-state index is 11.9. The summed E-state index contributed by atoms with van der Waals surface area (Å²) in [6.45, 7) is 2.33. The van der Waals surface area contributed by atoms with Crippen LogP contribution in [0.4, 0.5) is 0 Å². The van der Waals surface area contributed by atoms with Crippen LogP contribution in [0.1, 0.15) is 17.5 Å². The molecule has 0 saturated heterocycles. The summed E-state index contributed by atoms with van der Waals surface area (Å²) in [5, 5.41) is 4.03. The van der Waals surface area contributed by atoms with Gasteiger partial charge in [0.2, 0.25) is 0 Å². The van der Waals surface area contributed by atoms with Crippen LogP contribution in [0.25, 0.3) is 16.3 Å². The first-order valence-corrected chi connectivity index (χ1v) is 11.2. The molecule has 3 aromatic rings. The van der Waals surface area contributed by atoms with Gasteiger partial charge in [-0.15, -0.1) is 11.3 Å². The van der Waals surface area contributed by atoms with Gasteiger partial charge in [0.05, 0.1) is 34.0 Å². The summed E-state index contributed by atoms with van der Waals surface area (Å²) in [5.41, 5.74) is 1.59. The number of esters is 1. The number of hydrogen-bond acceptors (Lipinski definition) is 7. The molecule has 1 heterocycles. The third kappa shape index (κ3) is 6.45. The van der Waals surface area contributed by atoms with Crippen molar-refractivity contribution < 1.29 is 23.8 Å². The Bertz CT molecular complexity index is 1100. The standard InChI is InChI=1S/C23H23ClN2O5S/c1-3-30-18-13-15(12-16(24)23(18)29-2)8-9-22(28)31-14-20(27)25-11-10-21-26-17-6-4-5-7-19(17)32-21/h4-9,12-13H,3,10-11,14H2,1-2H3,(H,25,27)/b9-8+. The zero-order valence-corrected chi connectivity index (χ0v) is 19.3. The van der Waals surface area contributed by atoms with Crippen LogP contribution in [0, 0.1) is 0 Å². The molecule has 2 aromatic carbocycles. The number of nitrogens with one attached hydrogen (secondary N) is 1. The quantitative estimate of drug-likeness (QED) is 0.349. The molecule has 0 aliphatic heterocycles. The first-order valence-electron chi connectivity index (χ1n) is 9.96. The van der Waals surface area contributed by atoms with Gasteiger partial charge in [0.15, 0.2) is 18.1 Å². The Morgan fingerprint density at radius 2 is 2.06 bits per heavy atom. The summed E-state index contributed by atoms with van der Waals surface area (Å²) >= 11 is 7.79. The fourth-order valence-electron chi connectivity index (χ4n) is 2.88. The third-order valence-corrected chi connectivity index (χ3v) is 5.67. The molecule has 1 N–H and O–H groups in total. The van der Waals surface area contributed by atoms with Gasteiger partial charge in [-0.25, -0.2) is 9.78 Å². The van der Waals surface area contributed by atoms with Gasteiger partial charge in [-0.2, -0.15) is 0 Å². The van der Waals surface area contributed by atoms with Gasteiger partial charge in [0, 0.05) is 19.0 Å². The lowest BCUT2D eigenvalue weighted by Crippen LogP contribution is -2.30. The summed E-state index contributed by atoms with van der Waals surface area (Å²) in [7, 11) is 1.50. The van der Waals surface area contributed by atoms with Gasteiger partial charge in [-0.1, -0.05) is 23.7 Å². The number of halogens is 1. The molecule has 1 amide bonds. The number of hydrogen-bond donors (Lipinski definition) is 1. The van der Waals surface area contributed by atoms with Crippen molar-refractivity contribution in [2.45, 2.75) is 13.3 Å². The number of aromatic nitrogens is 1. The monoisotopic (exact) mass is 474 g/mol. The molecule has 0 unspecified atom stereocenters. The molecule has 0 fully saturated rings. The van der Waals surface area contributed by atoms with Crippen LogP contribution < -0.4 is 14.8 Å². The number of carbonyl (C=O) groups excluding carboxylic acids is 2. The number of benzene rings is 2. The van der Waals surface area contributed by atoms with Crippen molar-refractivity contribution in [3.63, 3.8) is 0 Å². The lowest BCUT2D eigenvalue weighted by atomic mass is 10.2. The molecule has 3 rings (SSSR count). The van der Waals surface area contributed by atoms with Gasteiger partial charge >= 0.3 is 5.97 Å². The topological polar surface area (TPSA) is 86.8 Å². The van der Waals surface area contributed by atoms with Crippen LogP contribution in [0.5, 0.6) is 11.5 Å². The van der Waals surface area contributed by atoms with Crippen molar-refractivity contribution in [3.05, 3.63) is 58.1 Å². The van der Waals surface area contributed by atoms with E-state index in [9.17, 15) is 9.59 Å². The van der Waals surface area contributed by atoms with Crippen molar-refractivity contribution in [3.8, 4) is 11.5 Å². The van der Waals surface area contributed by atoms with Crippen LogP contribution in [0.3, 0.4) is 0 Å². The SMILES string of the molecule is CCOc1cc(/C=C/C(=O)OCC(=O)NCCc2nc3ccccc3s2)cc(Cl)c1OC. The lowest BCUT2D eigenvalue weighted by Gasteiger charge is -2.11. The van der Waals surface area contributed by atoms with Crippen molar-refractivity contribution in [2.24, 2.45) is 0 Å². The van der Waals surface area contributed by atoms with Crippen LogP contribution in [0.2, 0.25) is 5.02 Å². The molecule has 7 nitrogen and oxygen atoms in total. The highest BCUT2D eigenvalue weighted by Crippen LogP contribution is 2.36. The molecule has 0 bridgehead atoms. The Kier molecular flexibility index (Phi) is 8.47. The van der Waals surface area contributed by atoms with Crippen molar-refractivity contribution in [1.29, 1.82) is 0 Å². The van der Waals surface area contributed by atoms with E-state index in [4.69, 9.17) is 25.8 Å². The first-order chi connectivity index (χ1) is 15.5. The summed E-state index contributed by atoms with van der Waals surface area (Å²) in [5.74, 6) is -0.117. The molecular formula is C23H23ClN2O5S. The predicted molar refractivity (Wildman–Crippen MR) is 125 cm³/mol. The molecule has 1 aromatic heterocycles. The van der Waals surface area contributed by atoms with E-state index in [0.717, 1.165) is 15.2 Å². The molecular weight excluding hydrogens is 452 g/mol. The molecule has 32 heavy (non-hydrogen) atoms. The fraction of sp³-hybridized carbons (Fsp3) is 0.261. The number of rotatable bonds is 10. The molecule has 0 aliphatic carbocycles. The number of carbonyl (C=O) groups is 2. The maximum absolute atomic E-state index is 11.9. The van der Waals surface area contributed by atoms with E-state index >= 15 is 0 Å². The Labute approximate surface area is 195 Å². The molecule has 0 atom stereocenters. The number of thiazole rings is 1. The molecule has 0 radical (unpaired) electrons. The smallest absolute Gasteiger partial charge is 0.331 e. The lowest BCUT2D eigenvalue weighted by molar-refractivity contribution is -0.143. The average molecular weight is 475 g/mol. The number of methoxy groups -OCH3 is 1. The summed E-state index contributed by atoms with van der Waals surface area (Å²) in [6, 6.07) is 11.2. The highest BCUT2D eigenvalue weighted by Gasteiger charge is 2.11. The normalized spacial score (nSPS) is 11.0. The Morgan fingerprint density at radius 1 is 1.25 bits per heavy atom. The summed E-state index contributed by atoms with van der Waals surface area (Å²) in [4.78, 5) is 28.4. The molecule has 0 saturated carbocycles. The molecule has 9 heteroatoms. The Morgan fingerprint density at radius 3 is 2.81 bits per heavy atom. The number of ether oxygens (including phenoxy) is 3. The molecule has 0 spiro atoms. The zero-order chi connectivity index (χ0) is 22.9. The average Bonchev–Trinajstić information content (AvgIpc) is 3.19. The number of fused-ring (bicyclic) bond motifs is 1. The van der Waals surface area contributed by atoms with E-state index in [1.165, 1.54) is 19.3 Å². The van der Waals surface area contributed by atoms with Gasteiger partial charge in [0.1, 0.15) is 0 Å². The Balaban J connectivity index is 1.44. The number of amides is 1. The Hall–Kier alpha value is -3.10. The van der Waals surface area contributed by atoms with Gasteiger partial charge < -0.3 is 19.5 Å².